The number of ether oxygens (including phenoxy) is 1. The summed E-state index contributed by atoms with van der Waals surface area (Å²) in [6.07, 6.45) is 0.218. The first-order valence-electron chi connectivity index (χ1n) is 7.37. The zero-order valence-electron chi connectivity index (χ0n) is 12.8. The maximum Gasteiger partial charge on any atom is 0.309 e. The molecule has 0 aliphatic heterocycles. The second-order valence-electron chi connectivity index (χ2n) is 5.31. The van der Waals surface area contributed by atoms with Crippen molar-refractivity contribution in [3.63, 3.8) is 0 Å². The van der Waals surface area contributed by atoms with E-state index in [0.717, 1.165) is 16.7 Å². The minimum atomic E-state index is -0.281. The van der Waals surface area contributed by atoms with E-state index >= 15 is 0 Å². The Kier molecular flexibility index (Phi) is 4.20. The topological polar surface area (TPSA) is 43.4 Å². The van der Waals surface area contributed by atoms with Gasteiger partial charge in [-0.2, -0.15) is 0 Å². The van der Waals surface area contributed by atoms with Crippen molar-refractivity contribution in [1.82, 2.24) is 0 Å². The van der Waals surface area contributed by atoms with Crippen molar-refractivity contribution in [3.05, 3.63) is 83.4 Å². The summed E-state index contributed by atoms with van der Waals surface area (Å²) in [4.78, 5) is 24.1. The molecule has 3 rings (SSSR count). The van der Waals surface area contributed by atoms with Crippen LogP contribution in [0.1, 0.15) is 21.5 Å². The molecule has 0 N–H and O–H groups in total. The van der Waals surface area contributed by atoms with E-state index in [1.54, 1.807) is 0 Å². The van der Waals surface area contributed by atoms with Crippen molar-refractivity contribution < 1.29 is 14.3 Å². The molecule has 2 aliphatic rings. The number of carbonyl (C=O) groups excluding carboxylic acids is 2. The molecule has 0 heterocycles. The van der Waals surface area contributed by atoms with E-state index in [-0.39, 0.29) is 18.2 Å². The molecule has 0 aromatic heterocycles. The minimum Gasteiger partial charge on any atom is -0.469 e. The molecular weight excluding hydrogens is 288 g/mol. The van der Waals surface area contributed by atoms with Gasteiger partial charge in [-0.1, -0.05) is 60.7 Å². The van der Waals surface area contributed by atoms with Crippen LogP contribution < -0.4 is 0 Å². The van der Waals surface area contributed by atoms with Crippen LogP contribution in [0, 0.1) is 0 Å². The highest BCUT2D eigenvalue weighted by Gasteiger charge is 2.16. The number of benzene rings is 1. The Morgan fingerprint density at radius 2 is 1.57 bits per heavy atom. The van der Waals surface area contributed by atoms with E-state index in [0.29, 0.717) is 11.1 Å². The summed E-state index contributed by atoms with van der Waals surface area (Å²) < 4.78 is 4.69. The van der Waals surface area contributed by atoms with Crippen molar-refractivity contribution in [2.75, 3.05) is 7.11 Å². The van der Waals surface area contributed by atoms with Crippen molar-refractivity contribution in [2.45, 2.75) is 6.42 Å². The largest absolute Gasteiger partial charge is 0.469 e. The standard InChI is InChI=1S/C20H16O3/c1-23-19(21)13-14-7-9-15-10-12-18(17(15)11-8-14)20(22)16-5-3-2-4-6-16/h2-12H,13H2,1H3. The Labute approximate surface area is 134 Å². The lowest BCUT2D eigenvalue weighted by Crippen LogP contribution is -2.03. The van der Waals surface area contributed by atoms with Gasteiger partial charge in [0, 0.05) is 11.1 Å². The van der Waals surface area contributed by atoms with Gasteiger partial charge in [0.05, 0.1) is 13.5 Å². The summed E-state index contributed by atoms with van der Waals surface area (Å²) in [6.45, 7) is 0. The molecule has 114 valence electrons. The maximum atomic E-state index is 12.7. The summed E-state index contributed by atoms with van der Waals surface area (Å²) in [7, 11) is 1.37. The number of methoxy groups -OCH3 is 1. The second kappa shape index (κ2) is 6.44. The highest BCUT2D eigenvalue weighted by atomic mass is 16.5. The van der Waals surface area contributed by atoms with E-state index < -0.39 is 0 Å². The Morgan fingerprint density at radius 1 is 0.870 bits per heavy atom. The van der Waals surface area contributed by atoms with Gasteiger partial charge >= 0.3 is 5.97 Å². The van der Waals surface area contributed by atoms with Crippen LogP contribution >= 0.6 is 0 Å². The van der Waals surface area contributed by atoms with Gasteiger partial charge in [0.2, 0.25) is 0 Å². The zero-order chi connectivity index (χ0) is 16.2. The van der Waals surface area contributed by atoms with Gasteiger partial charge in [-0.25, -0.2) is 0 Å². The van der Waals surface area contributed by atoms with Crippen molar-refractivity contribution in [1.29, 1.82) is 0 Å². The summed E-state index contributed by atoms with van der Waals surface area (Å²) in [5.74, 6) is -0.280. The summed E-state index contributed by atoms with van der Waals surface area (Å²) >= 11 is 0. The fraction of sp³-hybridized carbons (Fsp3) is 0.100. The molecule has 0 saturated heterocycles. The number of esters is 1. The smallest absolute Gasteiger partial charge is 0.309 e. The predicted octanol–water partition coefficient (Wildman–Crippen LogP) is 3.74. The second-order valence-corrected chi connectivity index (χ2v) is 5.31. The molecule has 1 aromatic carbocycles. The third kappa shape index (κ3) is 3.14. The first kappa shape index (κ1) is 15.0. The predicted molar refractivity (Wildman–Crippen MR) is 88.7 cm³/mol. The van der Waals surface area contributed by atoms with Crippen molar-refractivity contribution in [2.24, 2.45) is 0 Å². The normalized spacial score (nSPS) is 10.5. The molecule has 1 aromatic rings. The number of rotatable bonds is 4. The molecule has 0 radical (unpaired) electrons. The molecule has 0 fully saturated rings. The SMILES string of the molecule is COC(=O)Cc1ccc2ccc(C(=O)c3ccccc3)c-2cc1. The van der Waals surface area contributed by atoms with E-state index in [1.807, 2.05) is 66.7 Å². The van der Waals surface area contributed by atoms with Crippen LogP contribution in [0.15, 0.2) is 66.7 Å². The molecule has 0 saturated carbocycles. The van der Waals surface area contributed by atoms with E-state index in [9.17, 15) is 9.59 Å². The molecule has 3 nitrogen and oxygen atoms in total. The number of ketones is 1. The maximum absolute atomic E-state index is 12.7. The van der Waals surface area contributed by atoms with Crippen molar-refractivity contribution >= 4 is 11.8 Å². The monoisotopic (exact) mass is 304 g/mol. The first-order valence-corrected chi connectivity index (χ1v) is 7.37. The van der Waals surface area contributed by atoms with Crippen LogP contribution in [0.4, 0.5) is 0 Å². The summed E-state index contributed by atoms with van der Waals surface area (Å²) in [5, 5.41) is 0. The molecule has 0 atom stereocenters. The van der Waals surface area contributed by atoms with Crippen LogP contribution in [0.2, 0.25) is 0 Å². The lowest BCUT2D eigenvalue weighted by molar-refractivity contribution is -0.139. The Morgan fingerprint density at radius 3 is 2.30 bits per heavy atom. The number of fused-ring (bicyclic) bond motifs is 1. The molecule has 0 unspecified atom stereocenters. The molecule has 23 heavy (non-hydrogen) atoms. The number of hydrogen-bond donors (Lipinski definition) is 0. The molecule has 0 amide bonds. The van der Waals surface area contributed by atoms with Gasteiger partial charge in [0.1, 0.15) is 0 Å². The fourth-order valence-electron chi connectivity index (χ4n) is 2.58. The third-order valence-corrected chi connectivity index (χ3v) is 3.83. The Bertz CT molecular complexity index is 821. The molecule has 3 heteroatoms. The summed E-state index contributed by atoms with van der Waals surface area (Å²) in [5.41, 5.74) is 4.05. The lowest BCUT2D eigenvalue weighted by Gasteiger charge is -2.01. The molecule has 2 aliphatic carbocycles. The average molecular weight is 304 g/mol. The Hall–Kier alpha value is -2.94. The Balaban J connectivity index is 1.98. The van der Waals surface area contributed by atoms with Gasteiger partial charge in [-0.3, -0.25) is 9.59 Å². The van der Waals surface area contributed by atoms with E-state index in [2.05, 4.69) is 0 Å². The highest BCUT2D eigenvalue weighted by molar-refractivity contribution is 6.13. The molecule has 0 spiro atoms. The van der Waals surface area contributed by atoms with Crippen molar-refractivity contribution in [3.8, 4) is 11.1 Å². The van der Waals surface area contributed by atoms with Crippen LogP contribution in [-0.4, -0.2) is 18.9 Å². The van der Waals surface area contributed by atoms with E-state index in [1.165, 1.54) is 7.11 Å². The van der Waals surface area contributed by atoms with Crippen LogP contribution in [-0.2, 0) is 16.0 Å². The van der Waals surface area contributed by atoms with Crippen LogP contribution in [0.5, 0.6) is 0 Å². The minimum absolute atomic E-state index is 0.00122. The zero-order valence-corrected chi connectivity index (χ0v) is 12.8. The van der Waals surface area contributed by atoms with Gasteiger partial charge in [0.25, 0.3) is 0 Å². The molecule has 0 bridgehead atoms. The fourth-order valence-corrected chi connectivity index (χ4v) is 2.58. The van der Waals surface area contributed by atoms with E-state index in [4.69, 9.17) is 4.74 Å². The lowest BCUT2D eigenvalue weighted by atomic mass is 10.0. The number of hydrogen-bond acceptors (Lipinski definition) is 3. The van der Waals surface area contributed by atoms with Gasteiger partial charge in [-0.15, -0.1) is 0 Å². The van der Waals surface area contributed by atoms with Gasteiger partial charge in [-0.05, 0) is 22.8 Å². The van der Waals surface area contributed by atoms with Gasteiger partial charge < -0.3 is 4.74 Å². The van der Waals surface area contributed by atoms with Gasteiger partial charge in [0.15, 0.2) is 5.78 Å². The third-order valence-electron chi connectivity index (χ3n) is 3.83. The quantitative estimate of drug-likeness (QED) is 0.545. The highest BCUT2D eigenvalue weighted by Crippen LogP contribution is 2.29. The molecular formula is C20H16O3. The average Bonchev–Trinajstić information content (AvgIpc) is 2.90. The van der Waals surface area contributed by atoms with Crippen LogP contribution in [0.25, 0.3) is 11.1 Å². The number of carbonyl (C=O) groups is 2. The van der Waals surface area contributed by atoms with Crippen LogP contribution in [0.3, 0.4) is 0 Å². The summed E-state index contributed by atoms with van der Waals surface area (Å²) in [6, 6.07) is 20.6. The first-order chi connectivity index (χ1) is 11.2.